The van der Waals surface area contributed by atoms with Gasteiger partial charge in [0.15, 0.2) is 5.17 Å². The summed E-state index contributed by atoms with van der Waals surface area (Å²) < 4.78 is 27.8. The van der Waals surface area contributed by atoms with Crippen molar-refractivity contribution in [3.05, 3.63) is 30.2 Å². The van der Waals surface area contributed by atoms with Crippen LogP contribution in [0, 0.1) is 0 Å². The summed E-state index contributed by atoms with van der Waals surface area (Å²) in [5.41, 5.74) is 0. The maximum Gasteiger partial charge on any atom is 0.294 e. The lowest BCUT2D eigenvalue weighted by molar-refractivity contribution is -0.123. The molecule has 1 aliphatic heterocycles. The number of hydrogen-bond acceptors (Lipinski definition) is 5. The van der Waals surface area contributed by atoms with Crippen LogP contribution in [0.25, 0.3) is 0 Å². The number of sulfonamides is 1. The Morgan fingerprint density at radius 3 is 2.94 bits per heavy atom. The van der Waals surface area contributed by atoms with Gasteiger partial charge in [-0.2, -0.15) is 8.42 Å². The summed E-state index contributed by atoms with van der Waals surface area (Å²) in [4.78, 5) is 12.9. The molecule has 0 saturated carbocycles. The summed E-state index contributed by atoms with van der Waals surface area (Å²) in [6.45, 7) is 3.80. The van der Waals surface area contributed by atoms with Gasteiger partial charge in [0.25, 0.3) is 10.0 Å². The molecule has 0 unspecified atom stereocenters. The second-order valence-corrected chi connectivity index (χ2v) is 7.08. The highest BCUT2D eigenvalue weighted by molar-refractivity contribution is 8.15. The van der Waals surface area contributed by atoms with Crippen LogP contribution in [0.5, 0.6) is 0 Å². The van der Waals surface area contributed by atoms with Gasteiger partial charge < -0.3 is 0 Å². The molecule has 18 heavy (non-hydrogen) atoms. The van der Waals surface area contributed by atoms with E-state index in [0.717, 1.165) is 23.1 Å². The minimum absolute atomic E-state index is 0.153. The Balaban J connectivity index is 2.33. The number of amides is 1. The average Bonchev–Trinajstić information content (AvgIpc) is 2.93. The molecular weight excluding hydrogens is 292 g/mol. The first-order valence-electron chi connectivity index (χ1n) is 4.97. The number of thiophene rings is 1. The first-order chi connectivity index (χ1) is 8.54. The van der Waals surface area contributed by atoms with Crippen molar-refractivity contribution in [3.63, 3.8) is 0 Å². The van der Waals surface area contributed by atoms with E-state index in [0.29, 0.717) is 0 Å². The van der Waals surface area contributed by atoms with E-state index in [1.54, 1.807) is 11.4 Å². The monoisotopic (exact) mass is 302 g/mol. The van der Waals surface area contributed by atoms with Crippen LogP contribution in [0.3, 0.4) is 0 Å². The fourth-order valence-electron chi connectivity index (χ4n) is 1.33. The Kier molecular flexibility index (Phi) is 3.88. The van der Waals surface area contributed by atoms with Crippen molar-refractivity contribution >= 4 is 44.2 Å². The summed E-state index contributed by atoms with van der Waals surface area (Å²) in [7, 11) is -3.72. The maximum absolute atomic E-state index is 12.0. The summed E-state index contributed by atoms with van der Waals surface area (Å²) >= 11 is 2.23. The van der Waals surface area contributed by atoms with Crippen molar-refractivity contribution in [1.29, 1.82) is 0 Å². The number of rotatable bonds is 4. The van der Waals surface area contributed by atoms with Crippen LogP contribution in [0.15, 0.2) is 38.8 Å². The van der Waals surface area contributed by atoms with Gasteiger partial charge in [-0.15, -0.1) is 22.3 Å². The normalized spacial score (nSPS) is 18.6. The highest BCUT2D eigenvalue weighted by Crippen LogP contribution is 2.24. The van der Waals surface area contributed by atoms with Crippen molar-refractivity contribution < 1.29 is 13.2 Å². The number of carbonyl (C=O) groups excluding carboxylic acids is 1. The van der Waals surface area contributed by atoms with Crippen molar-refractivity contribution in [2.45, 2.75) is 4.21 Å². The van der Waals surface area contributed by atoms with Crippen LogP contribution in [0.2, 0.25) is 0 Å². The zero-order chi connectivity index (χ0) is 13.2. The first-order valence-corrected chi connectivity index (χ1v) is 8.27. The van der Waals surface area contributed by atoms with E-state index in [1.165, 1.54) is 17.0 Å². The largest absolute Gasteiger partial charge is 0.294 e. The zero-order valence-corrected chi connectivity index (χ0v) is 11.7. The molecule has 5 nitrogen and oxygen atoms in total. The number of carbonyl (C=O) groups is 1. The van der Waals surface area contributed by atoms with E-state index < -0.39 is 10.0 Å². The van der Waals surface area contributed by atoms with Gasteiger partial charge in [-0.1, -0.05) is 23.9 Å². The lowest BCUT2D eigenvalue weighted by Gasteiger charge is -2.12. The molecule has 0 bridgehead atoms. The third-order valence-corrected chi connectivity index (χ3v) is 5.83. The molecule has 1 amide bonds. The van der Waals surface area contributed by atoms with Crippen molar-refractivity contribution in [2.24, 2.45) is 4.40 Å². The Morgan fingerprint density at radius 2 is 2.33 bits per heavy atom. The van der Waals surface area contributed by atoms with E-state index in [1.807, 2.05) is 0 Å². The first kappa shape index (κ1) is 13.3. The van der Waals surface area contributed by atoms with E-state index in [4.69, 9.17) is 0 Å². The minimum Gasteiger partial charge on any atom is -0.286 e. The van der Waals surface area contributed by atoms with Gasteiger partial charge in [0.1, 0.15) is 4.21 Å². The Morgan fingerprint density at radius 1 is 1.56 bits per heavy atom. The fourth-order valence-corrected chi connectivity index (χ4v) is 4.44. The molecule has 8 heteroatoms. The molecule has 0 aromatic carbocycles. The molecule has 0 N–H and O–H groups in total. The van der Waals surface area contributed by atoms with E-state index in [-0.39, 0.29) is 27.6 Å². The van der Waals surface area contributed by atoms with Crippen molar-refractivity contribution in [2.75, 3.05) is 12.3 Å². The molecule has 0 aliphatic carbocycles. The highest BCUT2D eigenvalue weighted by Gasteiger charge is 2.29. The molecule has 96 valence electrons. The lowest BCUT2D eigenvalue weighted by Crippen LogP contribution is -2.30. The zero-order valence-electron chi connectivity index (χ0n) is 9.27. The van der Waals surface area contributed by atoms with E-state index >= 15 is 0 Å². The predicted molar refractivity (Wildman–Crippen MR) is 73.3 cm³/mol. The van der Waals surface area contributed by atoms with Gasteiger partial charge in [-0.05, 0) is 11.4 Å². The average molecular weight is 302 g/mol. The SMILES string of the molecule is C=CCN1C(=O)CS/C1=N\S(=O)(=O)c1cccs1. The number of amidine groups is 1. The number of nitrogens with zero attached hydrogens (tertiary/aromatic N) is 2. The molecule has 0 spiro atoms. The maximum atomic E-state index is 12.0. The van der Waals surface area contributed by atoms with E-state index in [9.17, 15) is 13.2 Å². The highest BCUT2D eigenvalue weighted by atomic mass is 32.2. The molecule has 1 aromatic rings. The van der Waals surface area contributed by atoms with Crippen molar-refractivity contribution in [1.82, 2.24) is 4.90 Å². The molecule has 1 aromatic heterocycles. The van der Waals surface area contributed by atoms with Gasteiger partial charge in [0.2, 0.25) is 5.91 Å². The molecule has 2 heterocycles. The molecule has 0 radical (unpaired) electrons. The Labute approximate surface area is 113 Å². The van der Waals surface area contributed by atoms with Crippen LogP contribution >= 0.6 is 23.1 Å². The topological polar surface area (TPSA) is 66.8 Å². The molecule has 0 atom stereocenters. The summed E-state index contributed by atoms with van der Waals surface area (Å²) in [5, 5.41) is 1.88. The van der Waals surface area contributed by atoms with E-state index in [2.05, 4.69) is 11.0 Å². The molecule has 1 fully saturated rings. The number of thioether (sulfide) groups is 1. The second kappa shape index (κ2) is 5.25. The van der Waals surface area contributed by atoms with Crippen LogP contribution in [0.4, 0.5) is 0 Å². The number of hydrogen-bond donors (Lipinski definition) is 0. The van der Waals surface area contributed by atoms with Crippen LogP contribution in [0.1, 0.15) is 0 Å². The smallest absolute Gasteiger partial charge is 0.286 e. The summed E-state index contributed by atoms with van der Waals surface area (Å²) in [6.07, 6.45) is 1.54. The van der Waals surface area contributed by atoms with Crippen LogP contribution in [-0.4, -0.2) is 36.7 Å². The molecule has 2 rings (SSSR count). The van der Waals surface area contributed by atoms with Crippen LogP contribution < -0.4 is 0 Å². The van der Waals surface area contributed by atoms with Gasteiger partial charge in [-0.3, -0.25) is 9.69 Å². The molecule has 1 saturated heterocycles. The van der Waals surface area contributed by atoms with Gasteiger partial charge in [-0.25, -0.2) is 0 Å². The third kappa shape index (κ3) is 2.65. The summed E-state index contributed by atoms with van der Waals surface area (Å²) in [6, 6.07) is 3.13. The summed E-state index contributed by atoms with van der Waals surface area (Å²) in [5.74, 6) is 0.0622. The quantitative estimate of drug-likeness (QED) is 0.792. The second-order valence-electron chi connectivity index (χ2n) is 3.36. The van der Waals surface area contributed by atoms with Gasteiger partial charge >= 0.3 is 0 Å². The standard InChI is InChI=1S/C10H10N2O3S3/c1-2-5-12-8(13)7-17-10(12)11-18(14,15)9-4-3-6-16-9/h2-4,6H,1,5,7H2/b11-10-. The molecule has 1 aliphatic rings. The van der Waals surface area contributed by atoms with Crippen molar-refractivity contribution in [3.8, 4) is 0 Å². The minimum atomic E-state index is -3.72. The predicted octanol–water partition coefficient (Wildman–Crippen LogP) is 1.55. The third-order valence-electron chi connectivity index (χ3n) is 2.12. The van der Waals surface area contributed by atoms with Gasteiger partial charge in [0.05, 0.1) is 5.75 Å². The Bertz CT molecular complexity index is 590. The van der Waals surface area contributed by atoms with Gasteiger partial charge in [0, 0.05) is 6.54 Å². The van der Waals surface area contributed by atoms with Crippen LogP contribution in [-0.2, 0) is 14.8 Å². The Hall–Kier alpha value is -1.12. The fraction of sp³-hybridized carbons (Fsp3) is 0.200. The molecular formula is C10H10N2O3S3. The lowest BCUT2D eigenvalue weighted by atomic mass is 10.5.